The third kappa shape index (κ3) is 3.07. The second kappa shape index (κ2) is 5.70. The van der Waals surface area contributed by atoms with Crippen molar-refractivity contribution < 1.29 is 27.8 Å². The minimum atomic E-state index is -3.98. The Labute approximate surface area is 121 Å². The molecule has 1 saturated heterocycles. The number of rotatable bonds is 3. The lowest BCUT2D eigenvalue weighted by molar-refractivity contribution is 0.0696. The first-order valence-electron chi connectivity index (χ1n) is 6.45. The van der Waals surface area contributed by atoms with Gasteiger partial charge in [-0.15, -0.1) is 0 Å². The van der Waals surface area contributed by atoms with Crippen molar-refractivity contribution in [3.63, 3.8) is 0 Å². The van der Waals surface area contributed by atoms with Gasteiger partial charge in [0.05, 0.1) is 16.6 Å². The van der Waals surface area contributed by atoms with E-state index in [0.717, 1.165) is 16.4 Å². The minimum absolute atomic E-state index is 0.105. The predicted molar refractivity (Wildman–Crippen MR) is 72.1 cm³/mol. The molecule has 0 radical (unpaired) electrons. The number of sulfonamides is 1. The molecule has 116 valence electrons. The Morgan fingerprint density at radius 3 is 2.43 bits per heavy atom. The third-order valence-electron chi connectivity index (χ3n) is 3.58. The number of carboxylic acid groups (broad SMARTS) is 1. The van der Waals surface area contributed by atoms with Crippen molar-refractivity contribution in [1.82, 2.24) is 4.31 Å². The Bertz CT molecular complexity index is 665. The van der Waals surface area contributed by atoms with Gasteiger partial charge >= 0.3 is 5.97 Å². The number of hydrogen-bond donors (Lipinski definition) is 2. The molecule has 0 aliphatic carbocycles. The number of nitrogens with zero attached hydrogens (tertiary/aromatic N) is 1. The molecular formula is C13H16FNO5S. The first-order valence-corrected chi connectivity index (χ1v) is 7.89. The molecule has 2 rings (SSSR count). The number of hydrogen-bond acceptors (Lipinski definition) is 4. The molecule has 0 saturated carbocycles. The molecule has 1 aromatic rings. The van der Waals surface area contributed by atoms with Gasteiger partial charge in [-0.1, -0.05) is 0 Å². The van der Waals surface area contributed by atoms with E-state index in [0.29, 0.717) is 12.8 Å². The monoisotopic (exact) mass is 317 g/mol. The summed E-state index contributed by atoms with van der Waals surface area (Å²) >= 11 is 0. The molecule has 0 amide bonds. The number of carbonyl (C=O) groups is 1. The highest BCUT2D eigenvalue weighted by atomic mass is 32.2. The molecule has 1 aromatic carbocycles. The van der Waals surface area contributed by atoms with E-state index in [-0.39, 0.29) is 23.5 Å². The van der Waals surface area contributed by atoms with Crippen LogP contribution in [0, 0.1) is 12.7 Å². The van der Waals surface area contributed by atoms with E-state index >= 15 is 0 Å². The summed E-state index contributed by atoms with van der Waals surface area (Å²) in [5.74, 6) is -2.26. The fraction of sp³-hybridized carbons (Fsp3) is 0.462. The normalized spacial score (nSPS) is 17.9. The van der Waals surface area contributed by atoms with E-state index < -0.39 is 33.5 Å². The highest BCUT2D eigenvalue weighted by molar-refractivity contribution is 7.89. The van der Waals surface area contributed by atoms with Crippen LogP contribution >= 0.6 is 0 Å². The molecule has 2 N–H and O–H groups in total. The fourth-order valence-electron chi connectivity index (χ4n) is 2.27. The Balaban J connectivity index is 2.47. The van der Waals surface area contributed by atoms with Crippen molar-refractivity contribution in [1.29, 1.82) is 0 Å². The van der Waals surface area contributed by atoms with Crippen molar-refractivity contribution in [3.8, 4) is 0 Å². The summed E-state index contributed by atoms with van der Waals surface area (Å²) < 4.78 is 40.0. The van der Waals surface area contributed by atoms with Gasteiger partial charge in [-0.2, -0.15) is 4.31 Å². The number of piperidine rings is 1. The van der Waals surface area contributed by atoms with Crippen molar-refractivity contribution in [2.45, 2.75) is 30.8 Å². The first-order chi connectivity index (χ1) is 9.73. The maximum atomic E-state index is 13.8. The van der Waals surface area contributed by atoms with E-state index in [1.54, 1.807) is 0 Å². The zero-order chi connectivity index (χ0) is 15.8. The van der Waals surface area contributed by atoms with E-state index in [2.05, 4.69) is 0 Å². The molecule has 1 heterocycles. The molecule has 0 unspecified atom stereocenters. The number of aliphatic hydroxyl groups excluding tert-OH is 1. The quantitative estimate of drug-likeness (QED) is 0.866. The zero-order valence-corrected chi connectivity index (χ0v) is 12.2. The number of aliphatic hydroxyl groups is 1. The minimum Gasteiger partial charge on any atom is -0.478 e. The molecule has 0 aromatic heterocycles. The lowest BCUT2D eigenvalue weighted by Gasteiger charge is -2.29. The maximum absolute atomic E-state index is 13.8. The van der Waals surface area contributed by atoms with Crippen molar-refractivity contribution >= 4 is 16.0 Å². The predicted octanol–water partition coefficient (Wildman–Crippen LogP) is 0.978. The molecule has 1 fully saturated rings. The van der Waals surface area contributed by atoms with Gasteiger partial charge < -0.3 is 10.2 Å². The van der Waals surface area contributed by atoms with Gasteiger partial charge in [0.2, 0.25) is 10.0 Å². The van der Waals surface area contributed by atoms with E-state index in [1.807, 2.05) is 0 Å². The number of carboxylic acids is 1. The van der Waals surface area contributed by atoms with Crippen LogP contribution in [0.25, 0.3) is 0 Å². The Morgan fingerprint density at radius 1 is 1.33 bits per heavy atom. The number of aromatic carboxylic acids is 1. The fourth-order valence-corrected chi connectivity index (χ4v) is 4.00. The lowest BCUT2D eigenvalue weighted by atomic mass is 10.1. The summed E-state index contributed by atoms with van der Waals surface area (Å²) in [6.07, 6.45) is 0.0679. The largest absolute Gasteiger partial charge is 0.478 e. The van der Waals surface area contributed by atoms with Crippen LogP contribution in [-0.2, 0) is 10.0 Å². The zero-order valence-electron chi connectivity index (χ0n) is 11.4. The molecule has 21 heavy (non-hydrogen) atoms. The molecular weight excluding hydrogens is 301 g/mol. The molecule has 8 heteroatoms. The summed E-state index contributed by atoms with van der Waals surface area (Å²) in [6, 6.07) is 1.78. The van der Waals surface area contributed by atoms with Gasteiger partial charge in [0, 0.05) is 18.7 Å². The second-order valence-electron chi connectivity index (χ2n) is 5.02. The van der Waals surface area contributed by atoms with Gasteiger partial charge in [-0.25, -0.2) is 17.6 Å². The summed E-state index contributed by atoms with van der Waals surface area (Å²) in [7, 11) is -3.98. The lowest BCUT2D eigenvalue weighted by Crippen LogP contribution is -2.40. The average Bonchev–Trinajstić information content (AvgIpc) is 2.41. The molecule has 1 aliphatic rings. The highest BCUT2D eigenvalue weighted by Gasteiger charge is 2.31. The van der Waals surface area contributed by atoms with Crippen LogP contribution in [0.1, 0.15) is 28.8 Å². The SMILES string of the molecule is Cc1c(F)cc(C(=O)O)cc1S(=O)(=O)N1CCC(O)CC1. The molecule has 0 atom stereocenters. The smallest absolute Gasteiger partial charge is 0.335 e. The third-order valence-corrected chi connectivity index (χ3v) is 5.61. The van der Waals surface area contributed by atoms with E-state index in [9.17, 15) is 22.7 Å². The average molecular weight is 317 g/mol. The van der Waals surface area contributed by atoms with Crippen LogP contribution in [0.5, 0.6) is 0 Å². The Kier molecular flexibility index (Phi) is 4.31. The van der Waals surface area contributed by atoms with Gasteiger partial charge in [0.1, 0.15) is 5.82 Å². The first kappa shape index (κ1) is 15.9. The Hall–Kier alpha value is -1.51. The molecule has 6 nitrogen and oxygen atoms in total. The van der Waals surface area contributed by atoms with E-state index in [1.165, 1.54) is 6.92 Å². The van der Waals surface area contributed by atoms with Gasteiger partial charge in [-0.3, -0.25) is 0 Å². The summed E-state index contributed by atoms with van der Waals surface area (Å²) in [4.78, 5) is 10.6. The summed E-state index contributed by atoms with van der Waals surface area (Å²) in [5.41, 5.74) is -0.514. The van der Waals surface area contributed by atoms with Crippen LogP contribution in [-0.4, -0.2) is 48.1 Å². The van der Waals surface area contributed by atoms with Crippen LogP contribution in [0.2, 0.25) is 0 Å². The van der Waals surface area contributed by atoms with Gasteiger partial charge in [0.25, 0.3) is 0 Å². The summed E-state index contributed by atoms with van der Waals surface area (Å²) in [5, 5.41) is 18.3. The molecule has 0 spiro atoms. The highest BCUT2D eigenvalue weighted by Crippen LogP contribution is 2.26. The van der Waals surface area contributed by atoms with Crippen LogP contribution < -0.4 is 0 Å². The standard InChI is InChI=1S/C13H16FNO5S/c1-8-11(14)6-9(13(17)18)7-12(8)21(19,20)15-4-2-10(16)3-5-15/h6-7,10,16H,2-5H2,1H3,(H,17,18). The van der Waals surface area contributed by atoms with Crippen LogP contribution in [0.4, 0.5) is 4.39 Å². The summed E-state index contributed by atoms with van der Waals surface area (Å²) in [6.45, 7) is 1.55. The molecule has 1 aliphatic heterocycles. The van der Waals surface area contributed by atoms with Crippen LogP contribution in [0.3, 0.4) is 0 Å². The van der Waals surface area contributed by atoms with Crippen molar-refractivity contribution in [2.24, 2.45) is 0 Å². The van der Waals surface area contributed by atoms with Crippen LogP contribution in [0.15, 0.2) is 17.0 Å². The number of benzene rings is 1. The maximum Gasteiger partial charge on any atom is 0.335 e. The molecule has 0 bridgehead atoms. The Morgan fingerprint density at radius 2 is 1.90 bits per heavy atom. The topological polar surface area (TPSA) is 94.9 Å². The van der Waals surface area contributed by atoms with Gasteiger partial charge in [-0.05, 0) is 31.9 Å². The van der Waals surface area contributed by atoms with Gasteiger partial charge in [0.15, 0.2) is 0 Å². The second-order valence-corrected chi connectivity index (χ2v) is 6.93. The van der Waals surface area contributed by atoms with Crippen molar-refractivity contribution in [2.75, 3.05) is 13.1 Å². The van der Waals surface area contributed by atoms with E-state index in [4.69, 9.17) is 5.11 Å². The van der Waals surface area contributed by atoms with Crippen molar-refractivity contribution in [3.05, 3.63) is 29.1 Å². The number of halogens is 1.